The SMILES string of the molecule is Cc1nc(N2CCCCC2)c2[nH]c(-c3ccccc3C(F)(F)F)cc2n1.Cl.O. The van der Waals surface area contributed by atoms with E-state index in [-0.39, 0.29) is 23.4 Å². The molecule has 0 atom stereocenters. The first-order valence-corrected chi connectivity index (χ1v) is 8.72. The minimum absolute atomic E-state index is 0. The number of aryl methyl sites for hydroxylation is 1. The molecule has 28 heavy (non-hydrogen) atoms. The number of piperidine rings is 1. The molecule has 0 radical (unpaired) electrons. The van der Waals surface area contributed by atoms with Gasteiger partial charge in [-0.05, 0) is 38.3 Å². The van der Waals surface area contributed by atoms with E-state index < -0.39 is 11.7 Å². The monoisotopic (exact) mass is 414 g/mol. The van der Waals surface area contributed by atoms with Gasteiger partial charge in [0.25, 0.3) is 0 Å². The van der Waals surface area contributed by atoms with Gasteiger partial charge in [-0.25, -0.2) is 9.97 Å². The summed E-state index contributed by atoms with van der Waals surface area (Å²) in [5.41, 5.74) is 1.22. The standard InChI is InChI=1S/C19H19F3N4.ClH.H2O/c1-12-23-16-11-15(13-7-3-4-8-14(13)19(20,21)22)25-17(16)18(24-12)26-9-5-2-6-10-26;;/h3-4,7-8,11,25H,2,5-6,9-10H2,1H3;1H;1H2. The zero-order valence-electron chi connectivity index (χ0n) is 15.3. The van der Waals surface area contributed by atoms with Gasteiger partial charge in [-0.1, -0.05) is 18.2 Å². The minimum Gasteiger partial charge on any atom is -0.412 e. The second kappa shape index (κ2) is 8.36. The van der Waals surface area contributed by atoms with Gasteiger partial charge in [0.1, 0.15) is 11.3 Å². The van der Waals surface area contributed by atoms with Crippen LogP contribution in [0.25, 0.3) is 22.3 Å². The molecule has 2 aromatic heterocycles. The number of aromatic amines is 1. The van der Waals surface area contributed by atoms with Crippen LogP contribution in [0.2, 0.25) is 0 Å². The summed E-state index contributed by atoms with van der Waals surface area (Å²) in [6, 6.07) is 7.27. The number of nitrogens with one attached hydrogen (secondary N) is 1. The van der Waals surface area contributed by atoms with Gasteiger partial charge in [-0.2, -0.15) is 13.2 Å². The van der Waals surface area contributed by atoms with E-state index in [1.54, 1.807) is 12.1 Å². The van der Waals surface area contributed by atoms with Crippen LogP contribution in [0.5, 0.6) is 0 Å². The first kappa shape index (κ1) is 22.0. The molecule has 3 N–H and O–H groups in total. The Balaban J connectivity index is 0.00000140. The fourth-order valence-electron chi connectivity index (χ4n) is 3.56. The van der Waals surface area contributed by atoms with E-state index in [2.05, 4.69) is 19.9 Å². The molecular weight excluding hydrogens is 393 g/mol. The Labute approximate surface area is 166 Å². The number of hydrogen-bond acceptors (Lipinski definition) is 3. The molecule has 4 rings (SSSR count). The average molecular weight is 415 g/mol. The van der Waals surface area contributed by atoms with Crippen molar-refractivity contribution in [2.24, 2.45) is 0 Å². The smallest absolute Gasteiger partial charge is 0.412 e. The second-order valence-corrected chi connectivity index (χ2v) is 6.63. The van der Waals surface area contributed by atoms with Gasteiger partial charge < -0.3 is 15.4 Å². The zero-order valence-corrected chi connectivity index (χ0v) is 16.1. The van der Waals surface area contributed by atoms with E-state index in [0.29, 0.717) is 22.6 Å². The predicted octanol–water partition coefficient (Wildman–Crippen LogP) is 4.54. The van der Waals surface area contributed by atoms with Crippen LogP contribution in [0, 0.1) is 6.92 Å². The summed E-state index contributed by atoms with van der Waals surface area (Å²) in [5, 5.41) is 0. The van der Waals surface area contributed by atoms with E-state index in [1.807, 2.05) is 6.92 Å². The lowest BCUT2D eigenvalue weighted by Gasteiger charge is -2.28. The Hall–Kier alpha value is -2.32. The Morgan fingerprint density at radius 3 is 2.39 bits per heavy atom. The summed E-state index contributed by atoms with van der Waals surface area (Å²) in [6.45, 7) is 3.61. The molecule has 1 aliphatic rings. The van der Waals surface area contributed by atoms with Crippen molar-refractivity contribution < 1.29 is 18.6 Å². The van der Waals surface area contributed by atoms with Crippen molar-refractivity contribution in [3.63, 3.8) is 0 Å². The first-order valence-electron chi connectivity index (χ1n) is 8.72. The highest BCUT2D eigenvalue weighted by Gasteiger charge is 2.33. The first-order chi connectivity index (χ1) is 12.4. The fourth-order valence-corrected chi connectivity index (χ4v) is 3.56. The normalized spacial score (nSPS) is 14.5. The lowest BCUT2D eigenvalue weighted by atomic mass is 10.0. The molecule has 3 heterocycles. The lowest BCUT2D eigenvalue weighted by molar-refractivity contribution is -0.137. The second-order valence-electron chi connectivity index (χ2n) is 6.63. The van der Waals surface area contributed by atoms with Crippen LogP contribution in [-0.4, -0.2) is 33.5 Å². The summed E-state index contributed by atoms with van der Waals surface area (Å²) >= 11 is 0. The Kier molecular flexibility index (Phi) is 6.56. The molecule has 152 valence electrons. The number of alkyl halides is 3. The van der Waals surface area contributed by atoms with Crippen LogP contribution in [-0.2, 0) is 6.18 Å². The molecule has 0 amide bonds. The number of H-pyrrole nitrogens is 1. The van der Waals surface area contributed by atoms with Crippen LogP contribution in [0.4, 0.5) is 19.0 Å². The van der Waals surface area contributed by atoms with E-state index in [0.717, 1.165) is 37.8 Å². The quantitative estimate of drug-likeness (QED) is 0.668. The van der Waals surface area contributed by atoms with Crippen molar-refractivity contribution in [2.45, 2.75) is 32.4 Å². The number of benzene rings is 1. The summed E-state index contributed by atoms with van der Waals surface area (Å²) in [7, 11) is 0. The molecule has 0 saturated carbocycles. The maximum absolute atomic E-state index is 13.4. The number of fused-ring (bicyclic) bond motifs is 1. The summed E-state index contributed by atoms with van der Waals surface area (Å²) in [4.78, 5) is 14.3. The molecule has 1 aromatic carbocycles. The fraction of sp³-hybridized carbons (Fsp3) is 0.368. The molecule has 0 unspecified atom stereocenters. The lowest BCUT2D eigenvalue weighted by Crippen LogP contribution is -2.30. The molecule has 0 spiro atoms. The Bertz CT molecular complexity index is 952. The maximum atomic E-state index is 13.4. The number of aromatic nitrogens is 3. The molecule has 0 aliphatic carbocycles. The van der Waals surface area contributed by atoms with Crippen molar-refractivity contribution in [1.29, 1.82) is 0 Å². The number of rotatable bonds is 2. The molecule has 1 aliphatic heterocycles. The molecule has 9 heteroatoms. The van der Waals surface area contributed by atoms with E-state index in [4.69, 9.17) is 0 Å². The van der Waals surface area contributed by atoms with E-state index in [1.165, 1.54) is 18.6 Å². The van der Waals surface area contributed by atoms with Crippen molar-refractivity contribution >= 4 is 29.3 Å². The zero-order chi connectivity index (χ0) is 18.3. The highest BCUT2D eigenvalue weighted by atomic mass is 35.5. The van der Waals surface area contributed by atoms with Crippen LogP contribution in [0.1, 0.15) is 30.7 Å². The van der Waals surface area contributed by atoms with E-state index >= 15 is 0 Å². The third-order valence-corrected chi connectivity index (χ3v) is 4.75. The van der Waals surface area contributed by atoms with Crippen molar-refractivity contribution in [2.75, 3.05) is 18.0 Å². The molecule has 1 fully saturated rings. The van der Waals surface area contributed by atoms with Gasteiger partial charge in [0, 0.05) is 24.3 Å². The van der Waals surface area contributed by atoms with Crippen molar-refractivity contribution in [3.05, 3.63) is 41.7 Å². The summed E-state index contributed by atoms with van der Waals surface area (Å²) in [5.74, 6) is 1.40. The molecule has 5 nitrogen and oxygen atoms in total. The van der Waals surface area contributed by atoms with Crippen LogP contribution < -0.4 is 4.90 Å². The van der Waals surface area contributed by atoms with Gasteiger partial charge in [-0.15, -0.1) is 12.4 Å². The van der Waals surface area contributed by atoms with E-state index in [9.17, 15) is 13.2 Å². The van der Waals surface area contributed by atoms with Gasteiger partial charge in [0.15, 0.2) is 5.82 Å². The summed E-state index contributed by atoms with van der Waals surface area (Å²) < 4.78 is 40.1. The van der Waals surface area contributed by atoms with Crippen LogP contribution in [0.3, 0.4) is 0 Å². The third-order valence-electron chi connectivity index (χ3n) is 4.75. The molecule has 1 saturated heterocycles. The highest BCUT2D eigenvalue weighted by molar-refractivity contribution is 5.91. The summed E-state index contributed by atoms with van der Waals surface area (Å²) in [6.07, 6.45) is -1.03. The number of anilines is 1. The van der Waals surface area contributed by atoms with Gasteiger partial charge in [0.2, 0.25) is 0 Å². The van der Waals surface area contributed by atoms with Crippen LogP contribution >= 0.6 is 12.4 Å². The van der Waals surface area contributed by atoms with Gasteiger partial charge in [-0.3, -0.25) is 0 Å². The number of hydrogen-bond donors (Lipinski definition) is 1. The highest BCUT2D eigenvalue weighted by Crippen LogP contribution is 2.38. The Morgan fingerprint density at radius 1 is 1.04 bits per heavy atom. The van der Waals surface area contributed by atoms with Crippen LogP contribution in [0.15, 0.2) is 30.3 Å². The average Bonchev–Trinajstić information content (AvgIpc) is 3.05. The third kappa shape index (κ3) is 4.07. The minimum atomic E-state index is -4.41. The van der Waals surface area contributed by atoms with Crippen molar-refractivity contribution in [3.8, 4) is 11.3 Å². The number of halogens is 4. The molecule has 3 aromatic rings. The molecular formula is C19H22ClF3N4O. The van der Waals surface area contributed by atoms with Gasteiger partial charge in [0.05, 0.1) is 11.1 Å². The topological polar surface area (TPSA) is 76.3 Å². The van der Waals surface area contributed by atoms with Gasteiger partial charge >= 0.3 is 6.18 Å². The largest absolute Gasteiger partial charge is 0.417 e. The molecule has 0 bridgehead atoms. The Morgan fingerprint density at radius 2 is 1.71 bits per heavy atom. The predicted molar refractivity (Wildman–Crippen MR) is 106 cm³/mol. The maximum Gasteiger partial charge on any atom is 0.417 e. The van der Waals surface area contributed by atoms with Crippen molar-refractivity contribution in [1.82, 2.24) is 15.0 Å². The number of nitrogens with zero attached hydrogens (tertiary/aromatic N) is 3.